The second-order valence-corrected chi connectivity index (χ2v) is 4.73. The SMILES string of the molecule is C#CCCC(NC)C1CCCCC1C(F)(F)F. The first-order chi connectivity index (χ1) is 8.00. The van der Waals surface area contributed by atoms with Crippen molar-refractivity contribution >= 4 is 0 Å². The van der Waals surface area contributed by atoms with Gasteiger partial charge >= 0.3 is 6.18 Å². The fraction of sp³-hybridized carbons (Fsp3) is 0.846. The molecule has 0 heterocycles. The lowest BCUT2D eigenvalue weighted by Gasteiger charge is -2.38. The Hall–Kier alpha value is -0.690. The molecule has 3 atom stereocenters. The van der Waals surface area contributed by atoms with Crippen LogP contribution in [-0.2, 0) is 0 Å². The maximum absolute atomic E-state index is 12.9. The smallest absolute Gasteiger partial charge is 0.317 e. The number of nitrogens with one attached hydrogen (secondary N) is 1. The number of halogens is 3. The standard InChI is InChI=1S/C13H20F3N/c1-3-4-9-12(17-2)10-7-5-6-8-11(10)13(14,15)16/h1,10-12,17H,4-9H2,2H3. The lowest BCUT2D eigenvalue weighted by molar-refractivity contribution is -0.199. The van der Waals surface area contributed by atoms with Crippen LogP contribution in [0.15, 0.2) is 0 Å². The van der Waals surface area contributed by atoms with Crippen molar-refractivity contribution in [3.63, 3.8) is 0 Å². The van der Waals surface area contributed by atoms with Crippen LogP contribution in [0.2, 0.25) is 0 Å². The van der Waals surface area contributed by atoms with E-state index in [1.165, 1.54) is 0 Å². The zero-order chi connectivity index (χ0) is 12.9. The molecule has 0 aromatic carbocycles. The Morgan fingerprint density at radius 1 is 1.35 bits per heavy atom. The first-order valence-corrected chi connectivity index (χ1v) is 6.18. The van der Waals surface area contributed by atoms with E-state index in [0.717, 1.165) is 6.42 Å². The number of hydrogen-bond acceptors (Lipinski definition) is 1. The van der Waals surface area contributed by atoms with Gasteiger partial charge in [-0.3, -0.25) is 0 Å². The lowest BCUT2D eigenvalue weighted by Crippen LogP contribution is -2.44. The molecule has 1 rings (SSSR count). The molecule has 0 aromatic heterocycles. The van der Waals surface area contributed by atoms with Crippen LogP contribution < -0.4 is 5.32 Å². The third kappa shape index (κ3) is 3.92. The molecule has 17 heavy (non-hydrogen) atoms. The van der Waals surface area contributed by atoms with Gasteiger partial charge in [0.05, 0.1) is 5.92 Å². The quantitative estimate of drug-likeness (QED) is 0.751. The highest BCUT2D eigenvalue weighted by Gasteiger charge is 2.47. The van der Waals surface area contributed by atoms with Crippen LogP contribution >= 0.6 is 0 Å². The lowest BCUT2D eigenvalue weighted by atomic mass is 9.74. The second kappa shape index (κ2) is 6.30. The minimum Gasteiger partial charge on any atom is -0.317 e. The van der Waals surface area contributed by atoms with Crippen molar-refractivity contribution in [1.82, 2.24) is 5.32 Å². The fourth-order valence-electron chi connectivity index (χ4n) is 2.86. The van der Waals surface area contributed by atoms with Gasteiger partial charge in [-0.1, -0.05) is 12.8 Å². The maximum Gasteiger partial charge on any atom is 0.392 e. The van der Waals surface area contributed by atoms with Crippen molar-refractivity contribution in [3.05, 3.63) is 0 Å². The molecule has 0 amide bonds. The molecule has 0 aromatic rings. The molecular formula is C13H20F3N. The molecule has 0 aliphatic heterocycles. The summed E-state index contributed by atoms with van der Waals surface area (Å²) in [6, 6.07) is -0.113. The van der Waals surface area contributed by atoms with Crippen LogP contribution in [0, 0.1) is 24.2 Å². The molecule has 1 nitrogen and oxygen atoms in total. The highest BCUT2D eigenvalue weighted by molar-refractivity contribution is 4.91. The van der Waals surface area contributed by atoms with Gasteiger partial charge in [0.2, 0.25) is 0 Å². The molecule has 1 N–H and O–H groups in total. The van der Waals surface area contributed by atoms with Gasteiger partial charge in [0, 0.05) is 12.5 Å². The fourth-order valence-corrected chi connectivity index (χ4v) is 2.86. The Morgan fingerprint density at radius 3 is 2.53 bits per heavy atom. The molecule has 0 radical (unpaired) electrons. The summed E-state index contributed by atoms with van der Waals surface area (Å²) in [6.07, 6.45) is 4.77. The molecule has 1 aliphatic carbocycles. The Balaban J connectivity index is 2.72. The predicted octanol–water partition coefficient (Wildman–Crippen LogP) is 3.36. The van der Waals surface area contributed by atoms with Gasteiger partial charge < -0.3 is 5.32 Å². The van der Waals surface area contributed by atoms with Gasteiger partial charge in [0.1, 0.15) is 0 Å². The summed E-state index contributed by atoms with van der Waals surface area (Å²) >= 11 is 0. The normalized spacial score (nSPS) is 27.5. The first kappa shape index (κ1) is 14.4. The van der Waals surface area contributed by atoms with Crippen LogP contribution in [0.3, 0.4) is 0 Å². The molecular weight excluding hydrogens is 227 g/mol. The highest BCUT2D eigenvalue weighted by Crippen LogP contribution is 2.43. The van der Waals surface area contributed by atoms with Gasteiger partial charge in [-0.2, -0.15) is 13.2 Å². The summed E-state index contributed by atoms with van der Waals surface area (Å²) in [5.41, 5.74) is 0. The minimum absolute atomic E-state index is 0.113. The summed E-state index contributed by atoms with van der Waals surface area (Å²) in [5, 5.41) is 3.01. The van der Waals surface area contributed by atoms with Gasteiger partial charge in [-0.25, -0.2) is 0 Å². The first-order valence-electron chi connectivity index (χ1n) is 6.18. The number of alkyl halides is 3. The molecule has 0 saturated heterocycles. The monoisotopic (exact) mass is 247 g/mol. The van der Waals surface area contributed by atoms with Gasteiger partial charge in [-0.05, 0) is 32.2 Å². The highest BCUT2D eigenvalue weighted by atomic mass is 19.4. The van der Waals surface area contributed by atoms with E-state index in [1.807, 2.05) is 0 Å². The molecule has 98 valence electrons. The van der Waals surface area contributed by atoms with Crippen LogP contribution in [0.4, 0.5) is 13.2 Å². The Morgan fingerprint density at radius 2 is 2.00 bits per heavy atom. The summed E-state index contributed by atoms with van der Waals surface area (Å²) in [7, 11) is 1.73. The van der Waals surface area contributed by atoms with Crippen molar-refractivity contribution in [3.8, 4) is 12.3 Å². The molecule has 0 spiro atoms. The molecule has 1 aliphatic rings. The predicted molar refractivity (Wildman–Crippen MR) is 62.4 cm³/mol. The van der Waals surface area contributed by atoms with Crippen molar-refractivity contribution in [2.75, 3.05) is 7.05 Å². The summed E-state index contributed by atoms with van der Waals surface area (Å²) in [5.74, 6) is 1.03. The summed E-state index contributed by atoms with van der Waals surface area (Å²) < 4.78 is 38.8. The largest absolute Gasteiger partial charge is 0.392 e. The number of rotatable bonds is 4. The molecule has 3 unspecified atom stereocenters. The molecule has 1 fully saturated rings. The van der Waals surface area contributed by atoms with Crippen molar-refractivity contribution in [2.24, 2.45) is 11.8 Å². The molecule has 1 saturated carbocycles. The van der Waals surface area contributed by atoms with E-state index in [4.69, 9.17) is 6.42 Å². The van der Waals surface area contributed by atoms with E-state index in [0.29, 0.717) is 25.7 Å². The van der Waals surface area contributed by atoms with Crippen LogP contribution in [-0.4, -0.2) is 19.3 Å². The van der Waals surface area contributed by atoms with E-state index in [2.05, 4.69) is 11.2 Å². The van der Waals surface area contributed by atoms with Crippen molar-refractivity contribution in [2.45, 2.75) is 50.7 Å². The van der Waals surface area contributed by atoms with E-state index in [1.54, 1.807) is 7.05 Å². The van der Waals surface area contributed by atoms with Gasteiger partial charge in [0.15, 0.2) is 0 Å². The second-order valence-electron chi connectivity index (χ2n) is 4.73. The summed E-state index contributed by atoms with van der Waals surface area (Å²) in [6.45, 7) is 0. The zero-order valence-corrected chi connectivity index (χ0v) is 10.2. The van der Waals surface area contributed by atoms with Crippen molar-refractivity contribution in [1.29, 1.82) is 0 Å². The van der Waals surface area contributed by atoms with Gasteiger partial charge in [0.25, 0.3) is 0 Å². The van der Waals surface area contributed by atoms with E-state index < -0.39 is 12.1 Å². The molecule has 4 heteroatoms. The Labute approximate surface area is 101 Å². The average Bonchev–Trinajstić information content (AvgIpc) is 2.29. The van der Waals surface area contributed by atoms with Crippen LogP contribution in [0.25, 0.3) is 0 Å². The number of hydrogen-bond donors (Lipinski definition) is 1. The Kier molecular flexibility index (Phi) is 5.32. The minimum atomic E-state index is -4.07. The third-order valence-corrected chi connectivity index (χ3v) is 3.73. The number of terminal acetylenes is 1. The van der Waals surface area contributed by atoms with Crippen LogP contribution in [0.1, 0.15) is 38.5 Å². The maximum atomic E-state index is 12.9. The summed E-state index contributed by atoms with van der Waals surface area (Å²) in [4.78, 5) is 0. The zero-order valence-electron chi connectivity index (χ0n) is 10.2. The van der Waals surface area contributed by atoms with E-state index >= 15 is 0 Å². The topological polar surface area (TPSA) is 12.0 Å². The van der Waals surface area contributed by atoms with E-state index in [9.17, 15) is 13.2 Å². The molecule has 0 bridgehead atoms. The average molecular weight is 247 g/mol. The van der Waals surface area contributed by atoms with E-state index in [-0.39, 0.29) is 18.4 Å². The van der Waals surface area contributed by atoms with Crippen LogP contribution in [0.5, 0.6) is 0 Å². The Bertz CT molecular complexity index is 267. The van der Waals surface area contributed by atoms with Gasteiger partial charge in [-0.15, -0.1) is 12.3 Å². The van der Waals surface area contributed by atoms with Crippen molar-refractivity contribution < 1.29 is 13.2 Å². The third-order valence-electron chi connectivity index (χ3n) is 3.73.